The molecule has 0 rings (SSSR count). The molecule has 74 valence electrons. The Morgan fingerprint density at radius 1 is 1.08 bits per heavy atom. The average Bonchev–Trinajstić information content (AvgIpc) is 2.12. The summed E-state index contributed by atoms with van der Waals surface area (Å²) < 4.78 is 0. The highest BCUT2D eigenvalue weighted by molar-refractivity contribution is 4.78. The molecule has 0 saturated heterocycles. The molecule has 12 heavy (non-hydrogen) atoms. The number of aliphatic hydroxyl groups is 5. The number of hydrogen-bond acceptors (Lipinski definition) is 6. The molecule has 0 saturated carbocycles. The minimum atomic E-state index is -1.57. The van der Waals surface area contributed by atoms with Crippen LogP contribution < -0.4 is 5.32 Å². The first-order valence-corrected chi connectivity index (χ1v) is 3.55. The second-order valence-electron chi connectivity index (χ2n) is 2.46. The van der Waals surface area contributed by atoms with Gasteiger partial charge in [-0.2, -0.15) is 0 Å². The van der Waals surface area contributed by atoms with Crippen molar-refractivity contribution in [1.82, 2.24) is 5.32 Å². The Kier molecular flexibility index (Phi) is 5.31. The summed E-state index contributed by atoms with van der Waals surface area (Å²) in [7, 11) is 1.38. The van der Waals surface area contributed by atoms with Crippen LogP contribution >= 0.6 is 0 Å². The van der Waals surface area contributed by atoms with Gasteiger partial charge in [-0.25, -0.2) is 0 Å². The van der Waals surface area contributed by atoms with Gasteiger partial charge in [-0.1, -0.05) is 0 Å². The zero-order valence-corrected chi connectivity index (χ0v) is 6.75. The normalized spacial score (nSPS) is 21.5. The molecule has 6 heteroatoms. The Morgan fingerprint density at radius 2 is 1.58 bits per heavy atom. The Bertz CT molecular complexity index is 109. The molecule has 0 spiro atoms. The molecule has 0 aromatic rings. The van der Waals surface area contributed by atoms with E-state index in [0.717, 1.165) is 0 Å². The highest BCUT2D eigenvalue weighted by Crippen LogP contribution is 2.02. The van der Waals surface area contributed by atoms with Crippen molar-refractivity contribution in [2.75, 3.05) is 13.7 Å². The Balaban J connectivity index is 3.99. The minimum absolute atomic E-state index is 0.672. The molecule has 0 heterocycles. The first-order valence-electron chi connectivity index (χ1n) is 3.55. The van der Waals surface area contributed by atoms with E-state index < -0.39 is 31.1 Å². The van der Waals surface area contributed by atoms with Gasteiger partial charge in [0.05, 0.1) is 6.61 Å². The number of aliphatic hydroxyl groups excluding tert-OH is 5. The molecule has 0 aromatic carbocycles. The van der Waals surface area contributed by atoms with E-state index in [1.807, 2.05) is 0 Å². The lowest BCUT2D eigenvalue weighted by atomic mass is 10.1. The van der Waals surface area contributed by atoms with Gasteiger partial charge in [-0.15, -0.1) is 0 Å². The molecule has 0 aromatic heterocycles. The number of rotatable bonds is 5. The number of nitrogens with one attached hydrogen (secondary N) is 1. The van der Waals surface area contributed by atoms with Crippen LogP contribution in [0.25, 0.3) is 0 Å². The zero-order chi connectivity index (χ0) is 9.72. The van der Waals surface area contributed by atoms with Crippen molar-refractivity contribution in [3.8, 4) is 0 Å². The third-order valence-electron chi connectivity index (χ3n) is 1.55. The van der Waals surface area contributed by atoms with E-state index in [1.54, 1.807) is 0 Å². The van der Waals surface area contributed by atoms with E-state index in [2.05, 4.69) is 5.32 Å². The van der Waals surface area contributed by atoms with Crippen LogP contribution in [-0.4, -0.2) is 63.7 Å². The third-order valence-corrected chi connectivity index (χ3v) is 1.55. The molecule has 0 amide bonds. The molecule has 4 atom stereocenters. The molecular weight excluding hydrogens is 166 g/mol. The van der Waals surface area contributed by atoms with Crippen molar-refractivity contribution >= 4 is 0 Å². The van der Waals surface area contributed by atoms with Crippen LogP contribution in [0.4, 0.5) is 0 Å². The summed E-state index contributed by atoms with van der Waals surface area (Å²) in [4.78, 5) is 0. The van der Waals surface area contributed by atoms with Gasteiger partial charge in [0, 0.05) is 0 Å². The minimum Gasteiger partial charge on any atom is -0.394 e. The zero-order valence-electron chi connectivity index (χ0n) is 6.75. The summed E-state index contributed by atoms with van der Waals surface area (Å²) in [5, 5.41) is 46.5. The maximum atomic E-state index is 9.05. The maximum absolute atomic E-state index is 9.05. The quantitative estimate of drug-likeness (QED) is 0.246. The molecule has 0 aliphatic carbocycles. The van der Waals surface area contributed by atoms with Crippen LogP contribution in [0.3, 0.4) is 0 Å². The summed E-state index contributed by atoms with van der Waals surface area (Å²) in [5.74, 6) is 0. The fourth-order valence-electron chi connectivity index (χ4n) is 0.693. The lowest BCUT2D eigenvalue weighted by molar-refractivity contribution is -0.120. The van der Waals surface area contributed by atoms with E-state index in [-0.39, 0.29) is 0 Å². The highest BCUT2D eigenvalue weighted by atomic mass is 16.4. The standard InChI is InChI=1S/C6H15NO5/c1-7-6(12)5(11)4(10)3(9)2-8/h3-12H,2H2,1H3/t3-,4-,5+,6-/m1/s1. The molecular formula is C6H15NO5. The summed E-state index contributed by atoms with van der Waals surface area (Å²) in [5.41, 5.74) is 0. The summed E-state index contributed by atoms with van der Waals surface area (Å²) >= 11 is 0. The van der Waals surface area contributed by atoms with Crippen molar-refractivity contribution in [3.63, 3.8) is 0 Å². The van der Waals surface area contributed by atoms with E-state index >= 15 is 0 Å². The van der Waals surface area contributed by atoms with Gasteiger partial charge in [0.1, 0.15) is 24.5 Å². The van der Waals surface area contributed by atoms with Gasteiger partial charge in [-0.05, 0) is 7.05 Å². The van der Waals surface area contributed by atoms with Gasteiger partial charge >= 0.3 is 0 Å². The van der Waals surface area contributed by atoms with Crippen molar-refractivity contribution in [1.29, 1.82) is 0 Å². The molecule has 0 aliphatic heterocycles. The van der Waals surface area contributed by atoms with E-state index in [4.69, 9.17) is 25.5 Å². The largest absolute Gasteiger partial charge is 0.394 e. The van der Waals surface area contributed by atoms with Gasteiger partial charge in [0.2, 0.25) is 0 Å². The smallest absolute Gasteiger partial charge is 0.133 e. The second kappa shape index (κ2) is 5.41. The van der Waals surface area contributed by atoms with Crippen molar-refractivity contribution in [2.45, 2.75) is 24.5 Å². The van der Waals surface area contributed by atoms with E-state index in [0.29, 0.717) is 0 Å². The SMILES string of the molecule is CN[C@H](O)[C@@H](O)[C@H](O)[C@H](O)CO. The fourth-order valence-corrected chi connectivity index (χ4v) is 0.693. The molecule has 0 radical (unpaired) electrons. The molecule has 0 bridgehead atoms. The predicted molar refractivity (Wildman–Crippen MR) is 40.2 cm³/mol. The monoisotopic (exact) mass is 181 g/mol. The van der Waals surface area contributed by atoms with E-state index in [1.165, 1.54) is 7.05 Å². The van der Waals surface area contributed by atoms with Crippen LogP contribution in [0, 0.1) is 0 Å². The lowest BCUT2D eigenvalue weighted by Gasteiger charge is -2.24. The molecule has 0 fully saturated rings. The highest BCUT2D eigenvalue weighted by Gasteiger charge is 2.28. The predicted octanol–water partition coefficient (Wildman–Crippen LogP) is -3.40. The summed E-state index contributed by atoms with van der Waals surface area (Å²) in [6, 6.07) is 0. The molecule has 0 unspecified atom stereocenters. The lowest BCUT2D eigenvalue weighted by Crippen LogP contribution is -2.50. The van der Waals surface area contributed by atoms with Crippen LogP contribution in [-0.2, 0) is 0 Å². The van der Waals surface area contributed by atoms with Crippen LogP contribution in [0.1, 0.15) is 0 Å². The maximum Gasteiger partial charge on any atom is 0.133 e. The number of hydrogen-bond donors (Lipinski definition) is 6. The molecule has 0 aliphatic rings. The van der Waals surface area contributed by atoms with E-state index in [9.17, 15) is 0 Å². The average molecular weight is 181 g/mol. The summed E-state index contributed by atoms with van der Waals surface area (Å²) in [6.07, 6.45) is -5.89. The second-order valence-corrected chi connectivity index (χ2v) is 2.46. The Labute approximate surface area is 70.1 Å². The van der Waals surface area contributed by atoms with Crippen molar-refractivity contribution in [3.05, 3.63) is 0 Å². The first kappa shape index (κ1) is 11.8. The van der Waals surface area contributed by atoms with Crippen LogP contribution in [0.2, 0.25) is 0 Å². The summed E-state index contributed by atoms with van der Waals surface area (Å²) in [6.45, 7) is -0.672. The Hall–Kier alpha value is -0.240. The van der Waals surface area contributed by atoms with Gasteiger partial charge in [-0.3, -0.25) is 5.32 Å². The van der Waals surface area contributed by atoms with Crippen molar-refractivity contribution in [2.24, 2.45) is 0 Å². The molecule has 6 nitrogen and oxygen atoms in total. The van der Waals surface area contributed by atoms with Crippen LogP contribution in [0.5, 0.6) is 0 Å². The third kappa shape index (κ3) is 3.02. The fraction of sp³-hybridized carbons (Fsp3) is 1.00. The first-order chi connectivity index (χ1) is 5.54. The van der Waals surface area contributed by atoms with Crippen LogP contribution in [0.15, 0.2) is 0 Å². The number of likely N-dealkylation sites (N-methyl/N-ethyl adjacent to an activating group) is 1. The van der Waals surface area contributed by atoms with Gasteiger partial charge < -0.3 is 25.5 Å². The molecule has 6 N–H and O–H groups in total. The van der Waals surface area contributed by atoms with Gasteiger partial charge in [0.25, 0.3) is 0 Å². The van der Waals surface area contributed by atoms with Gasteiger partial charge in [0.15, 0.2) is 0 Å². The van der Waals surface area contributed by atoms with Crippen molar-refractivity contribution < 1.29 is 25.5 Å². The Morgan fingerprint density at radius 3 is 1.92 bits per heavy atom. The topological polar surface area (TPSA) is 113 Å².